The molecule has 1 nitrogen and oxygen atoms in total. The Balaban J connectivity index is 2.91. The Morgan fingerprint density at radius 1 is 0.846 bits per heavy atom. The molecule has 0 atom stereocenters. The third-order valence-electron chi connectivity index (χ3n) is 2.10. The van der Waals surface area contributed by atoms with E-state index >= 15 is 0 Å². The van der Waals surface area contributed by atoms with Gasteiger partial charge >= 0.3 is 0 Å². The normalized spacial score (nSPS) is 9.38. The van der Waals surface area contributed by atoms with Crippen LogP contribution in [0.5, 0.6) is 0 Å². The molecule has 1 heteroatoms. The molecule has 0 bridgehead atoms. The summed E-state index contributed by atoms with van der Waals surface area (Å²) in [6.07, 6.45) is 10.1. The van der Waals surface area contributed by atoms with Crippen molar-refractivity contribution < 1.29 is 5.11 Å². The number of hydrogen-bond acceptors (Lipinski definition) is 0. The molecule has 0 aromatic rings. The molecule has 0 aliphatic rings. The molecule has 13 heavy (non-hydrogen) atoms. The minimum atomic E-state index is -0.240. The van der Waals surface area contributed by atoms with Crippen LogP contribution in [0.4, 0.5) is 0 Å². The van der Waals surface area contributed by atoms with Gasteiger partial charge in [0.1, 0.15) is 6.61 Å². The molecule has 0 saturated carbocycles. The van der Waals surface area contributed by atoms with E-state index in [0.29, 0.717) is 0 Å². The van der Waals surface area contributed by atoms with Crippen molar-refractivity contribution in [1.82, 2.24) is 0 Å². The fraction of sp³-hybridized carbons (Fsp3) is 0.833. The largest absolute Gasteiger partial charge is 0.223 e. The van der Waals surface area contributed by atoms with E-state index in [1.54, 1.807) is 0 Å². The molecule has 0 N–H and O–H groups in total. The van der Waals surface area contributed by atoms with Crippen molar-refractivity contribution in [2.24, 2.45) is 0 Å². The lowest BCUT2D eigenvalue weighted by Gasteiger charge is -1.97. The molecule has 0 spiro atoms. The third kappa shape index (κ3) is 11.5. The molecule has 0 aromatic carbocycles. The van der Waals surface area contributed by atoms with Gasteiger partial charge in [0.05, 0.1) is 0 Å². The van der Waals surface area contributed by atoms with Gasteiger partial charge in [0.2, 0.25) is 0 Å². The minimum Gasteiger partial charge on any atom is -0.223 e. The monoisotopic (exact) mass is 181 g/mol. The highest BCUT2D eigenvalue weighted by Crippen LogP contribution is 2.07. The lowest BCUT2D eigenvalue weighted by molar-refractivity contribution is 0.239. The lowest BCUT2D eigenvalue weighted by atomic mass is 10.1. The topological polar surface area (TPSA) is 19.9 Å². The standard InChI is InChI=1S/C12H21O/c1-2-3-4-5-6-7-8-9-10-11-12-13/h2-9,12H2,1H3. The van der Waals surface area contributed by atoms with Gasteiger partial charge in [-0.1, -0.05) is 51.4 Å². The second-order valence-electron chi connectivity index (χ2n) is 3.37. The van der Waals surface area contributed by atoms with Gasteiger partial charge < -0.3 is 0 Å². The zero-order valence-corrected chi connectivity index (χ0v) is 8.77. The Morgan fingerprint density at radius 2 is 1.46 bits per heavy atom. The summed E-state index contributed by atoms with van der Waals surface area (Å²) < 4.78 is 0. The SMILES string of the molecule is CCCCCCCCCC#CC[O]. The Bertz CT molecular complexity index is 141. The van der Waals surface area contributed by atoms with Crippen molar-refractivity contribution in [3.05, 3.63) is 0 Å². The van der Waals surface area contributed by atoms with Crippen LogP contribution < -0.4 is 0 Å². The van der Waals surface area contributed by atoms with Crippen LogP contribution in [-0.2, 0) is 5.11 Å². The minimum absolute atomic E-state index is 0.240. The van der Waals surface area contributed by atoms with E-state index in [1.165, 1.54) is 44.9 Å². The van der Waals surface area contributed by atoms with E-state index in [2.05, 4.69) is 18.8 Å². The van der Waals surface area contributed by atoms with Crippen LogP contribution in [0, 0.1) is 11.8 Å². The van der Waals surface area contributed by atoms with Gasteiger partial charge in [0.15, 0.2) is 0 Å². The zero-order chi connectivity index (χ0) is 9.78. The second-order valence-corrected chi connectivity index (χ2v) is 3.37. The number of unbranched alkanes of at least 4 members (excludes halogenated alkanes) is 7. The van der Waals surface area contributed by atoms with Crippen molar-refractivity contribution in [2.45, 2.75) is 58.3 Å². The molecule has 0 saturated heterocycles. The fourth-order valence-electron chi connectivity index (χ4n) is 1.31. The van der Waals surface area contributed by atoms with Crippen LogP contribution in [0.25, 0.3) is 0 Å². The van der Waals surface area contributed by atoms with Crippen LogP contribution in [0.15, 0.2) is 0 Å². The van der Waals surface area contributed by atoms with Crippen LogP contribution >= 0.6 is 0 Å². The molecule has 0 aromatic heterocycles. The molecule has 0 fully saturated rings. The van der Waals surface area contributed by atoms with Crippen molar-refractivity contribution in [3.63, 3.8) is 0 Å². The van der Waals surface area contributed by atoms with E-state index < -0.39 is 0 Å². The van der Waals surface area contributed by atoms with E-state index in [-0.39, 0.29) is 6.61 Å². The molecular weight excluding hydrogens is 160 g/mol. The highest BCUT2D eigenvalue weighted by molar-refractivity contribution is 4.97. The lowest BCUT2D eigenvalue weighted by Crippen LogP contribution is -1.79. The fourth-order valence-corrected chi connectivity index (χ4v) is 1.31. The van der Waals surface area contributed by atoms with E-state index in [0.717, 1.165) is 6.42 Å². The summed E-state index contributed by atoms with van der Waals surface area (Å²) in [7, 11) is 0. The van der Waals surface area contributed by atoms with Gasteiger partial charge in [-0.15, -0.1) is 5.92 Å². The van der Waals surface area contributed by atoms with Crippen LogP contribution in [0.3, 0.4) is 0 Å². The molecule has 0 rings (SSSR count). The van der Waals surface area contributed by atoms with E-state index in [4.69, 9.17) is 0 Å². The first-order valence-corrected chi connectivity index (χ1v) is 5.45. The summed E-state index contributed by atoms with van der Waals surface area (Å²) >= 11 is 0. The average Bonchev–Trinajstić information content (AvgIpc) is 2.16. The Labute approximate surface area is 82.5 Å². The quantitative estimate of drug-likeness (QED) is 0.423. The maximum atomic E-state index is 9.96. The van der Waals surface area contributed by atoms with Crippen LogP contribution in [-0.4, -0.2) is 6.61 Å². The van der Waals surface area contributed by atoms with Crippen LogP contribution in [0.1, 0.15) is 58.3 Å². The van der Waals surface area contributed by atoms with Crippen molar-refractivity contribution in [1.29, 1.82) is 0 Å². The van der Waals surface area contributed by atoms with E-state index in [9.17, 15) is 5.11 Å². The Hall–Kier alpha value is -0.480. The van der Waals surface area contributed by atoms with Gasteiger partial charge in [-0.05, 0) is 6.42 Å². The van der Waals surface area contributed by atoms with Gasteiger partial charge in [0.25, 0.3) is 0 Å². The predicted octanol–water partition coefficient (Wildman–Crippen LogP) is 3.56. The summed E-state index contributed by atoms with van der Waals surface area (Å²) in [4.78, 5) is 0. The third-order valence-corrected chi connectivity index (χ3v) is 2.10. The Kier molecular flexibility index (Phi) is 11.1. The van der Waals surface area contributed by atoms with Crippen LogP contribution in [0.2, 0.25) is 0 Å². The first-order chi connectivity index (χ1) is 6.41. The molecule has 75 valence electrons. The summed E-state index contributed by atoms with van der Waals surface area (Å²) in [5, 5.41) is 9.96. The summed E-state index contributed by atoms with van der Waals surface area (Å²) in [5.41, 5.74) is 0. The van der Waals surface area contributed by atoms with E-state index in [1.807, 2.05) is 0 Å². The van der Waals surface area contributed by atoms with Crippen molar-refractivity contribution in [2.75, 3.05) is 6.61 Å². The molecule has 0 unspecified atom stereocenters. The first kappa shape index (κ1) is 12.5. The summed E-state index contributed by atoms with van der Waals surface area (Å²) in [6.45, 7) is 2.00. The average molecular weight is 181 g/mol. The zero-order valence-electron chi connectivity index (χ0n) is 8.77. The highest BCUT2D eigenvalue weighted by atomic mass is 16.2. The van der Waals surface area contributed by atoms with Gasteiger partial charge in [-0.25, -0.2) is 5.11 Å². The molecule has 0 amide bonds. The second kappa shape index (κ2) is 11.5. The van der Waals surface area contributed by atoms with Gasteiger partial charge in [-0.3, -0.25) is 0 Å². The molecule has 0 aliphatic heterocycles. The molecular formula is C12H21O. The highest BCUT2D eigenvalue weighted by Gasteiger charge is 1.88. The van der Waals surface area contributed by atoms with Crippen molar-refractivity contribution >= 4 is 0 Å². The predicted molar refractivity (Wildman–Crippen MR) is 55.9 cm³/mol. The number of hydrogen-bond donors (Lipinski definition) is 0. The Morgan fingerprint density at radius 3 is 2.08 bits per heavy atom. The first-order valence-electron chi connectivity index (χ1n) is 5.45. The van der Waals surface area contributed by atoms with Gasteiger partial charge in [-0.2, -0.15) is 0 Å². The smallest absolute Gasteiger partial charge is 0.143 e. The molecule has 1 radical (unpaired) electrons. The van der Waals surface area contributed by atoms with Gasteiger partial charge in [0, 0.05) is 6.42 Å². The maximum Gasteiger partial charge on any atom is 0.143 e. The molecule has 0 heterocycles. The van der Waals surface area contributed by atoms with Crippen molar-refractivity contribution in [3.8, 4) is 11.8 Å². The molecule has 0 aliphatic carbocycles. The summed E-state index contributed by atoms with van der Waals surface area (Å²) in [5.74, 6) is 5.43. The number of rotatable bonds is 7. The summed E-state index contributed by atoms with van der Waals surface area (Å²) in [6, 6.07) is 0. The maximum absolute atomic E-state index is 9.96.